The van der Waals surface area contributed by atoms with Crippen LogP contribution in [-0.2, 0) is 0 Å². The molecule has 0 radical (unpaired) electrons. The van der Waals surface area contributed by atoms with Crippen molar-refractivity contribution in [2.45, 2.75) is 19.9 Å². The van der Waals surface area contributed by atoms with E-state index in [9.17, 15) is 0 Å². The van der Waals surface area contributed by atoms with Crippen LogP contribution in [0.25, 0.3) is 10.9 Å². The summed E-state index contributed by atoms with van der Waals surface area (Å²) in [5.74, 6) is 0. The van der Waals surface area contributed by atoms with Crippen LogP contribution in [0.2, 0.25) is 5.02 Å². The molecule has 3 heteroatoms. The van der Waals surface area contributed by atoms with Crippen LogP contribution in [-0.4, -0.2) is 12.0 Å². The second-order valence-electron chi connectivity index (χ2n) is 3.89. The molecule has 0 fully saturated rings. The van der Waals surface area contributed by atoms with Crippen LogP contribution in [0.15, 0.2) is 18.2 Å². The lowest BCUT2D eigenvalue weighted by atomic mass is 10.1. The molecule has 1 aromatic heterocycles. The molecule has 2 nitrogen and oxygen atoms in total. The molecule has 2 N–H and O–H groups in total. The number of rotatable bonds is 2. The Hall–Kier alpha value is -0.990. The first kappa shape index (κ1) is 10.5. The Morgan fingerprint density at radius 1 is 1.40 bits per heavy atom. The van der Waals surface area contributed by atoms with Gasteiger partial charge in [0.25, 0.3) is 0 Å². The lowest BCUT2D eigenvalue weighted by Crippen LogP contribution is -2.12. The highest BCUT2D eigenvalue weighted by molar-refractivity contribution is 6.35. The molecule has 0 amide bonds. The molecule has 0 aliphatic carbocycles. The van der Waals surface area contributed by atoms with Crippen LogP contribution >= 0.6 is 11.6 Å². The highest BCUT2D eigenvalue weighted by atomic mass is 35.5. The molecule has 1 atom stereocenters. The van der Waals surface area contributed by atoms with Gasteiger partial charge in [-0.25, -0.2) is 0 Å². The lowest BCUT2D eigenvalue weighted by molar-refractivity contribution is 0.638. The molecule has 0 spiro atoms. The summed E-state index contributed by atoms with van der Waals surface area (Å²) in [6, 6.07) is 6.41. The molecule has 0 saturated heterocycles. The summed E-state index contributed by atoms with van der Waals surface area (Å²) in [5.41, 5.74) is 3.53. The molecule has 0 aliphatic rings. The van der Waals surface area contributed by atoms with E-state index in [0.717, 1.165) is 15.9 Å². The Bertz CT molecular complexity index is 449. The first-order chi connectivity index (χ1) is 7.13. The van der Waals surface area contributed by atoms with Crippen molar-refractivity contribution < 1.29 is 0 Å². The molecule has 1 unspecified atom stereocenters. The first-order valence-corrected chi connectivity index (χ1v) is 5.46. The second kappa shape index (κ2) is 3.87. The monoisotopic (exact) mass is 222 g/mol. The maximum atomic E-state index is 6.15. The fourth-order valence-electron chi connectivity index (χ4n) is 1.73. The SMILES string of the molecule is CNC(C)c1cc2c(Cl)ccc(C)c2[nH]1. The number of hydrogen-bond donors (Lipinski definition) is 2. The van der Waals surface area contributed by atoms with E-state index in [0.29, 0.717) is 6.04 Å². The number of nitrogens with one attached hydrogen (secondary N) is 2. The molecule has 0 saturated carbocycles. The van der Waals surface area contributed by atoms with Crippen LogP contribution in [0.4, 0.5) is 0 Å². The van der Waals surface area contributed by atoms with Crippen molar-refractivity contribution in [2.75, 3.05) is 7.05 Å². The predicted molar refractivity (Wildman–Crippen MR) is 65.5 cm³/mol. The van der Waals surface area contributed by atoms with Gasteiger partial charge in [-0.2, -0.15) is 0 Å². The largest absolute Gasteiger partial charge is 0.357 e. The van der Waals surface area contributed by atoms with E-state index < -0.39 is 0 Å². The number of halogens is 1. The summed E-state index contributed by atoms with van der Waals surface area (Å²) in [6.07, 6.45) is 0. The van der Waals surface area contributed by atoms with Crippen molar-refractivity contribution in [3.8, 4) is 0 Å². The third kappa shape index (κ3) is 1.75. The standard InChI is InChI=1S/C12H15ClN2/c1-7-4-5-10(13)9-6-11(8(2)14-3)15-12(7)9/h4-6,8,14-15H,1-3H3. The van der Waals surface area contributed by atoms with Crippen LogP contribution in [0, 0.1) is 6.92 Å². The number of aromatic amines is 1. The molecule has 2 rings (SSSR count). The highest BCUT2D eigenvalue weighted by Crippen LogP contribution is 2.28. The normalized spacial score (nSPS) is 13.3. The fraction of sp³-hybridized carbons (Fsp3) is 0.333. The molecule has 1 aromatic carbocycles. The van der Waals surface area contributed by atoms with Crippen molar-refractivity contribution in [3.63, 3.8) is 0 Å². The van der Waals surface area contributed by atoms with E-state index >= 15 is 0 Å². The van der Waals surface area contributed by atoms with Gasteiger partial charge in [0.1, 0.15) is 0 Å². The summed E-state index contributed by atoms with van der Waals surface area (Å²) in [5, 5.41) is 5.12. The zero-order valence-corrected chi connectivity index (χ0v) is 9.94. The Morgan fingerprint density at radius 2 is 2.13 bits per heavy atom. The summed E-state index contributed by atoms with van der Waals surface area (Å²) < 4.78 is 0. The maximum Gasteiger partial charge on any atom is 0.0501 e. The van der Waals surface area contributed by atoms with Crippen LogP contribution in [0.1, 0.15) is 24.2 Å². The molecular formula is C12H15ClN2. The van der Waals surface area contributed by atoms with Crippen LogP contribution in [0.5, 0.6) is 0 Å². The molecule has 80 valence electrons. The van der Waals surface area contributed by atoms with Gasteiger partial charge in [0.15, 0.2) is 0 Å². The number of benzene rings is 1. The van der Waals surface area contributed by atoms with Crippen molar-refractivity contribution in [1.82, 2.24) is 10.3 Å². The Labute approximate surface area is 94.6 Å². The van der Waals surface area contributed by atoms with Crippen molar-refractivity contribution in [1.29, 1.82) is 0 Å². The second-order valence-corrected chi connectivity index (χ2v) is 4.30. The molecule has 1 heterocycles. The molecule has 0 bridgehead atoms. The molecule has 0 aliphatic heterocycles. The van der Waals surface area contributed by atoms with Crippen molar-refractivity contribution in [3.05, 3.63) is 34.5 Å². The lowest BCUT2D eigenvalue weighted by Gasteiger charge is -2.06. The van der Waals surface area contributed by atoms with Gasteiger partial charge in [-0.1, -0.05) is 17.7 Å². The first-order valence-electron chi connectivity index (χ1n) is 5.08. The minimum Gasteiger partial charge on any atom is -0.357 e. The molecule has 15 heavy (non-hydrogen) atoms. The zero-order valence-electron chi connectivity index (χ0n) is 9.19. The van der Waals surface area contributed by atoms with E-state index in [1.807, 2.05) is 19.2 Å². The summed E-state index contributed by atoms with van der Waals surface area (Å²) in [7, 11) is 1.95. The van der Waals surface area contributed by atoms with Crippen LogP contribution in [0.3, 0.4) is 0 Å². The number of fused-ring (bicyclic) bond motifs is 1. The van der Waals surface area contributed by atoms with Gasteiger partial charge in [0, 0.05) is 22.1 Å². The third-order valence-corrected chi connectivity index (χ3v) is 3.20. The minimum atomic E-state index is 0.313. The number of H-pyrrole nitrogens is 1. The smallest absolute Gasteiger partial charge is 0.0501 e. The zero-order chi connectivity index (χ0) is 11.0. The van der Waals surface area contributed by atoms with E-state index in [1.54, 1.807) is 0 Å². The van der Waals surface area contributed by atoms with Gasteiger partial charge in [0.2, 0.25) is 0 Å². The van der Waals surface area contributed by atoms with E-state index in [4.69, 9.17) is 11.6 Å². The Morgan fingerprint density at radius 3 is 2.73 bits per heavy atom. The van der Waals surface area contributed by atoms with E-state index in [2.05, 4.69) is 30.2 Å². The number of hydrogen-bond acceptors (Lipinski definition) is 1. The number of aryl methyl sites for hydroxylation is 1. The summed E-state index contributed by atoms with van der Waals surface area (Å²) in [4.78, 5) is 3.41. The van der Waals surface area contributed by atoms with Crippen LogP contribution < -0.4 is 5.32 Å². The van der Waals surface area contributed by atoms with E-state index in [-0.39, 0.29) is 0 Å². The van der Waals surface area contributed by atoms with Gasteiger partial charge in [-0.3, -0.25) is 0 Å². The Balaban J connectivity index is 2.64. The van der Waals surface area contributed by atoms with Gasteiger partial charge in [-0.05, 0) is 38.6 Å². The average Bonchev–Trinajstić information content (AvgIpc) is 2.68. The number of aromatic nitrogens is 1. The minimum absolute atomic E-state index is 0.313. The quantitative estimate of drug-likeness (QED) is 0.801. The third-order valence-electron chi connectivity index (χ3n) is 2.87. The fourth-order valence-corrected chi connectivity index (χ4v) is 1.95. The molecular weight excluding hydrogens is 208 g/mol. The summed E-state index contributed by atoms with van der Waals surface area (Å²) >= 11 is 6.15. The van der Waals surface area contributed by atoms with Gasteiger partial charge >= 0.3 is 0 Å². The van der Waals surface area contributed by atoms with Crippen molar-refractivity contribution in [2.24, 2.45) is 0 Å². The average molecular weight is 223 g/mol. The van der Waals surface area contributed by atoms with Crippen molar-refractivity contribution >= 4 is 22.5 Å². The van der Waals surface area contributed by atoms with Gasteiger partial charge in [0.05, 0.1) is 5.52 Å². The predicted octanol–water partition coefficient (Wildman–Crippen LogP) is 3.41. The topological polar surface area (TPSA) is 27.8 Å². The molecule has 2 aromatic rings. The van der Waals surface area contributed by atoms with Gasteiger partial charge < -0.3 is 10.3 Å². The van der Waals surface area contributed by atoms with Gasteiger partial charge in [-0.15, -0.1) is 0 Å². The van der Waals surface area contributed by atoms with E-state index in [1.165, 1.54) is 11.3 Å². The maximum absolute atomic E-state index is 6.15. The highest BCUT2D eigenvalue weighted by Gasteiger charge is 2.10. The summed E-state index contributed by atoms with van der Waals surface area (Å²) in [6.45, 7) is 4.21. The Kier molecular flexibility index (Phi) is 2.72.